The van der Waals surface area contributed by atoms with Gasteiger partial charge in [-0.2, -0.15) is 0 Å². The summed E-state index contributed by atoms with van der Waals surface area (Å²) in [7, 11) is 0. The Morgan fingerprint density at radius 2 is 1.61 bits per heavy atom. The van der Waals surface area contributed by atoms with Crippen molar-refractivity contribution in [2.45, 2.75) is 0 Å². The second kappa shape index (κ2) is 10.6. The first-order chi connectivity index (χ1) is 12.0. The van der Waals surface area contributed by atoms with E-state index in [1.807, 2.05) is 0 Å². The van der Waals surface area contributed by atoms with Crippen LogP contribution in [0.4, 0.5) is 0 Å². The van der Waals surface area contributed by atoms with Gasteiger partial charge >= 0.3 is 103 Å². The molecule has 130 valence electrons. The van der Waals surface area contributed by atoms with Crippen molar-refractivity contribution in [3.8, 4) is 28.2 Å². The van der Waals surface area contributed by atoms with Crippen LogP contribution in [0.5, 0.6) is 5.75 Å². The Labute approximate surface area is 245 Å². The molecule has 2 aliphatic rings. The molecule has 28 heavy (non-hydrogen) atoms. The summed E-state index contributed by atoms with van der Waals surface area (Å²) in [6.45, 7) is 0. The third kappa shape index (κ3) is 4.85. The molecule has 0 spiro atoms. The molecule has 2 aromatic rings. The summed E-state index contributed by atoms with van der Waals surface area (Å²) < 4.78 is 5.71. The molecule has 0 saturated heterocycles. The second-order valence-electron chi connectivity index (χ2n) is 5.63. The maximum Gasteiger partial charge on any atom is 1.00 e. The predicted octanol–water partition coefficient (Wildman–Crippen LogP) is -4.81. The molecular weight excluding hydrogens is 414 g/mol. The summed E-state index contributed by atoms with van der Waals surface area (Å²) in [5, 5.41) is 23.8. The van der Waals surface area contributed by atoms with Crippen molar-refractivity contribution in [3.05, 3.63) is 76.5 Å². The van der Waals surface area contributed by atoms with Crippen LogP contribution in [-0.2, 0) is 0 Å². The smallest absolute Gasteiger partial charge is 0.872 e. The molecule has 0 aromatic heterocycles. The van der Waals surface area contributed by atoms with Gasteiger partial charge in [0.2, 0.25) is 0 Å². The van der Waals surface area contributed by atoms with Gasteiger partial charge in [0.25, 0.3) is 0 Å². The van der Waals surface area contributed by atoms with Gasteiger partial charge < -0.3 is 24.9 Å². The summed E-state index contributed by atoms with van der Waals surface area (Å²) in [6.07, 6.45) is 0. The minimum Gasteiger partial charge on any atom is -0.872 e. The average Bonchev–Trinajstić information content (AvgIpc) is 2.59. The van der Waals surface area contributed by atoms with Crippen molar-refractivity contribution < 1.29 is 128 Å². The zero-order valence-corrected chi connectivity index (χ0v) is 21.6. The molecule has 0 fully saturated rings. The van der Waals surface area contributed by atoms with Crippen LogP contribution in [0.15, 0.2) is 69.9 Å². The topological polar surface area (TPSA) is 125 Å². The third-order valence-corrected chi connectivity index (χ3v) is 4.08. The molecule has 0 amide bonds. The molecule has 1 aliphatic heterocycles. The Bertz CT molecular complexity index is 1170. The van der Waals surface area contributed by atoms with E-state index in [-0.39, 0.29) is 136 Å². The van der Waals surface area contributed by atoms with Gasteiger partial charge in [0, 0.05) is 28.1 Å². The fourth-order valence-corrected chi connectivity index (χ4v) is 3.02. The Morgan fingerprint density at radius 3 is 2.32 bits per heavy atom. The van der Waals surface area contributed by atoms with Crippen LogP contribution >= 0.6 is 0 Å². The molecular formula is C20H12K2O6. The number of hydrogen-bond acceptors (Lipinski definition) is 5. The number of aromatic carboxylic acids is 1. The Morgan fingerprint density at radius 1 is 0.893 bits per heavy atom. The van der Waals surface area contributed by atoms with Crippen LogP contribution in [0, 0.1) is 0 Å². The van der Waals surface area contributed by atoms with E-state index in [0.717, 1.165) is 0 Å². The van der Waals surface area contributed by atoms with Crippen LogP contribution in [-0.4, -0.2) is 11.4 Å². The van der Waals surface area contributed by atoms with Gasteiger partial charge in [-0.25, -0.2) is 0 Å². The maximum absolute atomic E-state index is 11.7. The SMILES string of the molecule is O.O=C([O-])c1ccccc1-c1c2ccc(=O)cc-2oc2cc([O-])ccc12.[K+].[K+]. The summed E-state index contributed by atoms with van der Waals surface area (Å²) in [5.41, 5.74) is 1.66. The van der Waals surface area contributed by atoms with Crippen LogP contribution in [0.25, 0.3) is 33.4 Å². The first-order valence-electron chi connectivity index (χ1n) is 7.53. The van der Waals surface area contributed by atoms with Crippen molar-refractivity contribution in [2.24, 2.45) is 0 Å². The Kier molecular flexibility index (Phi) is 9.72. The molecule has 0 unspecified atom stereocenters. The van der Waals surface area contributed by atoms with Gasteiger partial charge in [0.15, 0.2) is 5.43 Å². The van der Waals surface area contributed by atoms with E-state index in [2.05, 4.69) is 0 Å². The van der Waals surface area contributed by atoms with Gasteiger partial charge in [-0.15, -0.1) is 5.75 Å². The van der Waals surface area contributed by atoms with E-state index < -0.39 is 5.97 Å². The molecule has 0 radical (unpaired) electrons. The summed E-state index contributed by atoms with van der Waals surface area (Å²) in [5.74, 6) is -1.26. The predicted molar refractivity (Wildman–Crippen MR) is 91.9 cm³/mol. The van der Waals surface area contributed by atoms with Crippen molar-refractivity contribution in [3.63, 3.8) is 0 Å². The molecule has 1 heterocycles. The number of carbonyl (C=O) groups is 1. The number of carboxylic acids is 1. The van der Waals surface area contributed by atoms with E-state index in [1.54, 1.807) is 30.3 Å². The van der Waals surface area contributed by atoms with Crippen molar-refractivity contribution in [1.82, 2.24) is 0 Å². The van der Waals surface area contributed by atoms with Crippen LogP contribution in [0.2, 0.25) is 0 Å². The Balaban J connectivity index is 0.00000131. The maximum atomic E-state index is 11.7. The quantitative estimate of drug-likeness (QED) is 0.235. The van der Waals surface area contributed by atoms with E-state index in [4.69, 9.17) is 4.42 Å². The Hall–Kier alpha value is -0.367. The summed E-state index contributed by atoms with van der Waals surface area (Å²) in [4.78, 5) is 23.2. The fourth-order valence-electron chi connectivity index (χ4n) is 3.02. The van der Waals surface area contributed by atoms with Crippen LogP contribution in [0.3, 0.4) is 0 Å². The van der Waals surface area contributed by atoms with Gasteiger partial charge in [-0.05, 0) is 23.8 Å². The van der Waals surface area contributed by atoms with Gasteiger partial charge in [0.05, 0.1) is 5.97 Å². The third-order valence-electron chi connectivity index (χ3n) is 4.08. The first kappa shape index (κ1) is 25.7. The van der Waals surface area contributed by atoms with E-state index in [0.29, 0.717) is 22.1 Å². The molecule has 1 aliphatic carbocycles. The summed E-state index contributed by atoms with van der Waals surface area (Å²) >= 11 is 0. The van der Waals surface area contributed by atoms with Crippen molar-refractivity contribution >= 4 is 16.9 Å². The average molecular weight is 427 g/mol. The van der Waals surface area contributed by atoms with Gasteiger partial charge in [-0.1, -0.05) is 36.4 Å². The molecule has 6 nitrogen and oxygen atoms in total. The number of benzene rings is 3. The molecule has 2 N–H and O–H groups in total. The van der Waals surface area contributed by atoms with Crippen molar-refractivity contribution in [1.29, 1.82) is 0 Å². The van der Waals surface area contributed by atoms with Crippen LogP contribution in [0.1, 0.15) is 10.4 Å². The number of fused-ring (bicyclic) bond motifs is 2. The number of rotatable bonds is 2. The molecule has 8 heteroatoms. The monoisotopic (exact) mass is 426 g/mol. The molecule has 4 rings (SSSR count). The molecule has 2 aromatic carbocycles. The fraction of sp³-hybridized carbons (Fsp3) is 0. The number of carbonyl (C=O) groups excluding carboxylic acids is 1. The van der Waals surface area contributed by atoms with Crippen LogP contribution < -0.4 is 118 Å². The second-order valence-corrected chi connectivity index (χ2v) is 5.63. The van der Waals surface area contributed by atoms with Gasteiger partial charge in [-0.3, -0.25) is 4.79 Å². The number of hydrogen-bond donors (Lipinski definition) is 0. The zero-order valence-electron chi connectivity index (χ0n) is 15.3. The van der Waals surface area contributed by atoms with Gasteiger partial charge in [0.1, 0.15) is 11.3 Å². The minimum atomic E-state index is -1.31. The standard InChI is InChI=1S/C20H12O5.2K.H2O/c21-11-5-7-15-17(9-11)25-18-10-12(22)6-8-16(18)19(15)13-3-1-2-4-14(13)20(23)24;;;/h1-10,21H,(H,23,24);;;1H2/q;2*+1;/p-2. The zero-order chi connectivity index (χ0) is 17.6. The van der Waals surface area contributed by atoms with E-state index in [1.165, 1.54) is 30.3 Å². The van der Waals surface area contributed by atoms with E-state index in [9.17, 15) is 19.8 Å². The van der Waals surface area contributed by atoms with Crippen molar-refractivity contribution in [2.75, 3.05) is 0 Å². The molecule has 0 atom stereocenters. The molecule has 0 saturated carbocycles. The molecule has 0 bridgehead atoms. The van der Waals surface area contributed by atoms with E-state index >= 15 is 0 Å². The summed E-state index contributed by atoms with van der Waals surface area (Å²) in [6, 6.07) is 15.0. The number of carboxylic acid groups (broad SMARTS) is 1. The normalized spacial score (nSPS) is 9.86. The largest absolute Gasteiger partial charge is 1.00 e. The minimum absolute atomic E-state index is 0. The first-order valence-corrected chi connectivity index (χ1v) is 7.53.